The van der Waals surface area contributed by atoms with Crippen LogP contribution >= 0.6 is 0 Å². The number of nitrogens with one attached hydrogen (secondary N) is 1. The van der Waals surface area contributed by atoms with Gasteiger partial charge in [0.05, 0.1) is 0 Å². The standard InChI is InChI=1S/C10H13N4O3/c11-13-12-8(15)4-2-1-3-7-14-9(16)5-6-10(14)17/h5-6,11H,1-4,7H2/q+1. The quantitative estimate of drug-likeness (QED) is 0.315. The summed E-state index contributed by atoms with van der Waals surface area (Å²) in [7, 11) is 0. The van der Waals surface area contributed by atoms with Crippen molar-refractivity contribution in [1.29, 1.82) is 5.53 Å². The van der Waals surface area contributed by atoms with Crippen molar-refractivity contribution in [3.05, 3.63) is 12.2 Å². The van der Waals surface area contributed by atoms with E-state index >= 15 is 0 Å². The van der Waals surface area contributed by atoms with Gasteiger partial charge in [0.25, 0.3) is 11.8 Å². The predicted octanol–water partition coefficient (Wildman–Crippen LogP) is 0.549. The molecule has 0 radical (unpaired) electrons. The summed E-state index contributed by atoms with van der Waals surface area (Å²) in [6.07, 6.45) is 4.73. The van der Waals surface area contributed by atoms with Crippen molar-refractivity contribution in [2.45, 2.75) is 25.7 Å². The normalized spacial score (nSPS) is 14.0. The van der Waals surface area contributed by atoms with Gasteiger partial charge in [0, 0.05) is 25.1 Å². The first kappa shape index (κ1) is 12.9. The van der Waals surface area contributed by atoms with Crippen molar-refractivity contribution in [1.82, 2.24) is 9.81 Å². The fourth-order valence-corrected chi connectivity index (χ4v) is 1.48. The third-order valence-electron chi connectivity index (χ3n) is 2.33. The van der Waals surface area contributed by atoms with Crippen LogP contribution < -0.4 is 4.91 Å². The van der Waals surface area contributed by atoms with Crippen LogP contribution in [0.5, 0.6) is 0 Å². The Labute approximate surface area is 97.7 Å². The average Bonchev–Trinajstić information content (AvgIpc) is 2.60. The second-order valence-electron chi connectivity index (χ2n) is 3.57. The molecule has 1 rings (SSSR count). The first-order chi connectivity index (χ1) is 8.15. The highest BCUT2D eigenvalue weighted by Crippen LogP contribution is 2.07. The van der Waals surface area contributed by atoms with Crippen LogP contribution in [-0.4, -0.2) is 29.2 Å². The van der Waals surface area contributed by atoms with Crippen LogP contribution in [0.4, 0.5) is 0 Å². The molecule has 0 saturated heterocycles. The molecule has 1 N–H and O–H groups in total. The van der Waals surface area contributed by atoms with Crippen molar-refractivity contribution in [2.24, 2.45) is 5.11 Å². The first-order valence-corrected chi connectivity index (χ1v) is 5.29. The number of rotatable bonds is 6. The molecule has 0 unspecified atom stereocenters. The fourth-order valence-electron chi connectivity index (χ4n) is 1.48. The molecule has 0 atom stereocenters. The molecule has 0 aromatic carbocycles. The lowest BCUT2D eigenvalue weighted by Crippen LogP contribution is -2.30. The highest BCUT2D eigenvalue weighted by molar-refractivity contribution is 6.12. The molecule has 90 valence electrons. The number of nitrogens with zero attached hydrogens (tertiary/aromatic N) is 3. The Morgan fingerprint density at radius 3 is 2.47 bits per heavy atom. The summed E-state index contributed by atoms with van der Waals surface area (Å²) in [5.41, 5.74) is 6.36. The van der Waals surface area contributed by atoms with E-state index in [2.05, 4.69) is 10.0 Å². The van der Waals surface area contributed by atoms with Gasteiger partial charge in [-0.25, -0.2) is 0 Å². The minimum atomic E-state index is -0.421. The van der Waals surface area contributed by atoms with Gasteiger partial charge >= 0.3 is 5.91 Å². The lowest BCUT2D eigenvalue weighted by atomic mass is 10.2. The van der Waals surface area contributed by atoms with Gasteiger partial charge in [0.1, 0.15) is 5.53 Å². The first-order valence-electron chi connectivity index (χ1n) is 5.29. The smallest absolute Gasteiger partial charge is 0.275 e. The topological polar surface area (TPSA) is 105 Å². The number of unbranched alkanes of at least 4 members (excludes halogenated alkanes) is 2. The summed E-state index contributed by atoms with van der Waals surface area (Å²) in [4.78, 5) is 37.0. The van der Waals surface area contributed by atoms with E-state index in [1.54, 1.807) is 0 Å². The molecule has 1 heterocycles. The molecule has 1 aliphatic heterocycles. The molecular formula is C10H13N4O3+. The van der Waals surface area contributed by atoms with E-state index in [0.717, 1.165) is 6.42 Å². The molecule has 1 aliphatic rings. The highest BCUT2D eigenvalue weighted by Gasteiger charge is 2.22. The van der Waals surface area contributed by atoms with Gasteiger partial charge in [-0.15, -0.1) is 0 Å². The number of hydrogen-bond donors (Lipinski definition) is 1. The zero-order valence-electron chi connectivity index (χ0n) is 9.26. The minimum absolute atomic E-state index is 0.239. The number of hydrogen-bond acceptors (Lipinski definition) is 4. The average molecular weight is 237 g/mol. The van der Waals surface area contributed by atoms with E-state index in [-0.39, 0.29) is 18.2 Å². The van der Waals surface area contributed by atoms with Crippen molar-refractivity contribution < 1.29 is 14.4 Å². The van der Waals surface area contributed by atoms with Crippen LogP contribution in [0.3, 0.4) is 0 Å². The number of carbonyl (C=O) groups excluding carboxylic acids is 3. The maximum Gasteiger partial charge on any atom is 0.330 e. The van der Waals surface area contributed by atoms with E-state index < -0.39 is 5.91 Å². The second kappa shape index (κ2) is 6.44. The van der Waals surface area contributed by atoms with Gasteiger partial charge in [-0.1, -0.05) is 6.42 Å². The van der Waals surface area contributed by atoms with Crippen molar-refractivity contribution in [3.8, 4) is 0 Å². The van der Waals surface area contributed by atoms with E-state index in [9.17, 15) is 14.4 Å². The predicted molar refractivity (Wildman–Crippen MR) is 56.6 cm³/mol. The summed E-state index contributed by atoms with van der Waals surface area (Å²) >= 11 is 0. The van der Waals surface area contributed by atoms with Crippen LogP contribution in [0, 0.1) is 5.53 Å². The molecule has 0 bridgehead atoms. The summed E-state index contributed by atoms with van der Waals surface area (Å²) in [5, 5.41) is 3.05. The van der Waals surface area contributed by atoms with Gasteiger partial charge in [-0.3, -0.25) is 19.3 Å². The largest absolute Gasteiger partial charge is 0.330 e. The maximum atomic E-state index is 11.2. The maximum absolute atomic E-state index is 11.2. The van der Waals surface area contributed by atoms with Gasteiger partial charge in [0.15, 0.2) is 5.11 Å². The van der Waals surface area contributed by atoms with Crippen LogP contribution in [-0.2, 0) is 14.4 Å². The molecule has 0 aromatic heterocycles. The Bertz CT molecular complexity index is 392. The molecule has 3 amide bonds. The SMILES string of the molecule is N=[N+]=NC(=O)CCCCCN1C(=O)C=CC1=O. The van der Waals surface area contributed by atoms with Crippen molar-refractivity contribution >= 4 is 17.7 Å². The van der Waals surface area contributed by atoms with Crippen molar-refractivity contribution in [3.63, 3.8) is 0 Å². The van der Waals surface area contributed by atoms with Crippen molar-refractivity contribution in [2.75, 3.05) is 6.54 Å². The summed E-state index contributed by atoms with van der Waals surface area (Å²) < 4.78 is 0. The van der Waals surface area contributed by atoms with E-state index in [0.29, 0.717) is 19.4 Å². The fraction of sp³-hybridized carbons (Fsp3) is 0.500. The Morgan fingerprint density at radius 2 is 1.88 bits per heavy atom. The minimum Gasteiger partial charge on any atom is -0.275 e. The lowest BCUT2D eigenvalue weighted by Gasteiger charge is -2.12. The Balaban J connectivity index is 2.13. The number of imide groups is 1. The molecule has 0 aromatic rings. The van der Waals surface area contributed by atoms with E-state index in [1.165, 1.54) is 17.1 Å². The van der Waals surface area contributed by atoms with Gasteiger partial charge in [-0.2, -0.15) is 0 Å². The van der Waals surface area contributed by atoms with Crippen LogP contribution in [0.1, 0.15) is 25.7 Å². The molecule has 0 saturated carbocycles. The zero-order valence-corrected chi connectivity index (χ0v) is 9.26. The van der Waals surface area contributed by atoms with Gasteiger partial charge in [-0.05, 0) is 12.8 Å². The Hall–Kier alpha value is -2.14. The zero-order chi connectivity index (χ0) is 12.7. The molecule has 17 heavy (non-hydrogen) atoms. The number of carbonyl (C=O) groups is 3. The van der Waals surface area contributed by atoms with Crippen LogP contribution in [0.2, 0.25) is 0 Å². The summed E-state index contributed by atoms with van der Waals surface area (Å²) in [6.45, 7) is 0.374. The molecule has 7 nitrogen and oxygen atoms in total. The number of amides is 3. The molecule has 0 fully saturated rings. The Morgan fingerprint density at radius 1 is 1.24 bits per heavy atom. The van der Waals surface area contributed by atoms with Gasteiger partial charge in [0.2, 0.25) is 4.91 Å². The van der Waals surface area contributed by atoms with Gasteiger partial charge < -0.3 is 0 Å². The van der Waals surface area contributed by atoms with Crippen LogP contribution in [0.15, 0.2) is 17.3 Å². The van der Waals surface area contributed by atoms with E-state index in [4.69, 9.17) is 5.53 Å². The third-order valence-corrected chi connectivity index (χ3v) is 2.33. The summed E-state index contributed by atoms with van der Waals surface area (Å²) in [6, 6.07) is 0. The Kier molecular flexibility index (Phi) is 4.90. The molecule has 0 aliphatic carbocycles. The van der Waals surface area contributed by atoms with Crippen LogP contribution in [0.25, 0.3) is 0 Å². The monoisotopic (exact) mass is 237 g/mol. The third kappa shape index (κ3) is 4.08. The highest BCUT2D eigenvalue weighted by atomic mass is 16.2. The second-order valence-corrected chi connectivity index (χ2v) is 3.57. The van der Waals surface area contributed by atoms with E-state index in [1.807, 2.05) is 0 Å². The lowest BCUT2D eigenvalue weighted by molar-refractivity contribution is -0.136. The molecule has 0 spiro atoms. The summed E-state index contributed by atoms with van der Waals surface area (Å²) in [5.74, 6) is -0.988. The molecular weight excluding hydrogens is 224 g/mol. The molecule has 7 heteroatoms.